The van der Waals surface area contributed by atoms with Crippen LogP contribution in [0.2, 0.25) is 0 Å². The topological polar surface area (TPSA) is 95.5 Å². The first kappa shape index (κ1) is 18.2. The minimum atomic E-state index is -1.23. The zero-order valence-electron chi connectivity index (χ0n) is 14.0. The second-order valence-corrected chi connectivity index (χ2v) is 7.94. The third-order valence-corrected chi connectivity index (χ3v) is 5.35. The Morgan fingerprint density at radius 2 is 1.96 bits per heavy atom. The van der Waals surface area contributed by atoms with Crippen molar-refractivity contribution in [2.24, 2.45) is 11.3 Å². The largest absolute Gasteiger partial charge is 0.478 e. The molecule has 1 aromatic heterocycles. The van der Waals surface area contributed by atoms with Gasteiger partial charge < -0.3 is 5.11 Å². The molecule has 0 fully saturated rings. The molecule has 1 aliphatic carbocycles. The number of carbonyl (C=O) groups excluding carboxylic acids is 2. The Bertz CT molecular complexity index is 685. The Balaban J connectivity index is 1.99. The van der Waals surface area contributed by atoms with Crippen molar-refractivity contribution in [2.75, 3.05) is 0 Å². The van der Waals surface area contributed by atoms with Gasteiger partial charge in [0.2, 0.25) is 0 Å². The predicted octanol–water partition coefficient (Wildman–Crippen LogP) is 2.30. The number of carboxylic acid groups (broad SMARTS) is 1. The number of carbonyl (C=O) groups is 3. The van der Waals surface area contributed by atoms with Gasteiger partial charge in [-0.05, 0) is 36.2 Å². The van der Waals surface area contributed by atoms with E-state index in [-0.39, 0.29) is 11.3 Å². The molecule has 1 heterocycles. The molecule has 1 atom stereocenters. The van der Waals surface area contributed by atoms with E-state index in [0.29, 0.717) is 17.6 Å². The van der Waals surface area contributed by atoms with Crippen LogP contribution in [0.4, 0.5) is 0 Å². The van der Waals surface area contributed by atoms with E-state index in [1.54, 1.807) is 11.3 Å². The summed E-state index contributed by atoms with van der Waals surface area (Å²) in [7, 11) is 0. The summed E-state index contributed by atoms with van der Waals surface area (Å²) in [4.78, 5) is 35.2. The van der Waals surface area contributed by atoms with Crippen molar-refractivity contribution < 1.29 is 19.5 Å². The number of nitrogens with one attached hydrogen (secondary N) is 2. The number of hydrogen-bond donors (Lipinski definition) is 3. The van der Waals surface area contributed by atoms with E-state index in [2.05, 4.69) is 31.6 Å². The first-order valence-electron chi connectivity index (χ1n) is 7.79. The molecule has 0 bridgehead atoms. The van der Waals surface area contributed by atoms with Crippen LogP contribution in [-0.4, -0.2) is 22.9 Å². The molecular formula is C17H22N2O4S. The molecular weight excluding hydrogens is 328 g/mol. The maximum Gasteiger partial charge on any atom is 0.328 e. The van der Waals surface area contributed by atoms with Crippen LogP contribution < -0.4 is 10.9 Å². The van der Waals surface area contributed by atoms with E-state index in [1.807, 2.05) is 5.38 Å². The molecule has 3 N–H and O–H groups in total. The molecule has 24 heavy (non-hydrogen) atoms. The molecule has 2 amide bonds. The Labute approximate surface area is 144 Å². The molecule has 7 heteroatoms. The molecule has 130 valence electrons. The van der Waals surface area contributed by atoms with Gasteiger partial charge in [-0.25, -0.2) is 4.79 Å². The highest BCUT2D eigenvalue weighted by Crippen LogP contribution is 2.40. The number of rotatable bonds is 3. The van der Waals surface area contributed by atoms with Crippen molar-refractivity contribution in [3.63, 3.8) is 0 Å². The number of fused-ring (bicyclic) bond motifs is 1. The van der Waals surface area contributed by atoms with Crippen molar-refractivity contribution in [1.82, 2.24) is 10.9 Å². The van der Waals surface area contributed by atoms with E-state index in [0.717, 1.165) is 30.9 Å². The molecule has 2 rings (SSSR count). The molecule has 1 aromatic rings. The van der Waals surface area contributed by atoms with E-state index < -0.39 is 11.9 Å². The minimum absolute atomic E-state index is 0.245. The van der Waals surface area contributed by atoms with Gasteiger partial charge in [-0.1, -0.05) is 20.8 Å². The van der Waals surface area contributed by atoms with Crippen molar-refractivity contribution in [3.05, 3.63) is 33.5 Å². The zero-order valence-corrected chi connectivity index (χ0v) is 14.8. The van der Waals surface area contributed by atoms with Gasteiger partial charge >= 0.3 is 5.97 Å². The van der Waals surface area contributed by atoms with Crippen LogP contribution in [0, 0.1) is 11.3 Å². The summed E-state index contributed by atoms with van der Waals surface area (Å²) < 4.78 is 0. The van der Waals surface area contributed by atoms with Crippen LogP contribution >= 0.6 is 11.3 Å². The predicted molar refractivity (Wildman–Crippen MR) is 91.7 cm³/mol. The lowest BCUT2D eigenvalue weighted by Crippen LogP contribution is -2.41. The van der Waals surface area contributed by atoms with E-state index >= 15 is 0 Å². The monoisotopic (exact) mass is 350 g/mol. The second-order valence-electron chi connectivity index (χ2n) is 6.97. The molecule has 1 aliphatic rings. The summed E-state index contributed by atoms with van der Waals surface area (Å²) in [6.45, 7) is 6.72. The maximum atomic E-state index is 12.2. The first-order chi connectivity index (χ1) is 11.2. The van der Waals surface area contributed by atoms with Crippen molar-refractivity contribution in [3.8, 4) is 0 Å². The fourth-order valence-corrected chi connectivity index (χ4v) is 3.98. The zero-order chi connectivity index (χ0) is 17.9. The second kappa shape index (κ2) is 7.17. The van der Waals surface area contributed by atoms with Crippen molar-refractivity contribution in [1.29, 1.82) is 0 Å². The normalized spacial score (nSPS) is 17.4. The minimum Gasteiger partial charge on any atom is -0.478 e. The van der Waals surface area contributed by atoms with Crippen molar-refractivity contribution >= 4 is 29.1 Å². The molecule has 0 spiro atoms. The highest BCUT2D eigenvalue weighted by molar-refractivity contribution is 7.10. The summed E-state index contributed by atoms with van der Waals surface area (Å²) >= 11 is 1.58. The molecule has 0 saturated heterocycles. The maximum absolute atomic E-state index is 12.2. The highest BCUT2D eigenvalue weighted by Gasteiger charge is 2.31. The number of thiophene rings is 1. The first-order valence-corrected chi connectivity index (χ1v) is 8.67. The summed E-state index contributed by atoms with van der Waals surface area (Å²) in [5.41, 5.74) is 6.40. The van der Waals surface area contributed by atoms with Crippen molar-refractivity contribution in [2.45, 2.75) is 40.0 Å². The average molecular weight is 350 g/mol. The number of carboxylic acids is 1. The molecule has 0 unspecified atom stereocenters. The summed E-state index contributed by atoms with van der Waals surface area (Å²) in [6, 6.07) is 0. The van der Waals surface area contributed by atoms with Crippen LogP contribution in [0.25, 0.3) is 0 Å². The lowest BCUT2D eigenvalue weighted by Gasteiger charge is -2.34. The lowest BCUT2D eigenvalue weighted by molar-refractivity contribution is -0.131. The highest BCUT2D eigenvalue weighted by atomic mass is 32.1. The van der Waals surface area contributed by atoms with Crippen LogP contribution in [0.3, 0.4) is 0 Å². The van der Waals surface area contributed by atoms with Gasteiger partial charge in [0.15, 0.2) is 0 Å². The fourth-order valence-electron chi connectivity index (χ4n) is 2.82. The summed E-state index contributed by atoms with van der Waals surface area (Å²) in [5, 5.41) is 10.3. The standard InChI is InChI=1S/C17H22N2O4S/c1-17(2,3)10-4-5-11-12(9-24-13(11)8-10)16(23)19-18-14(20)6-7-15(21)22/h6-7,9-10H,4-5,8H2,1-3H3,(H,18,20)(H,19,23)(H,21,22)/b7-6-/t10-/m1/s1. The molecule has 0 aromatic carbocycles. The van der Waals surface area contributed by atoms with Gasteiger partial charge in [-0.15, -0.1) is 11.3 Å². The number of amides is 2. The third kappa shape index (κ3) is 4.44. The Kier molecular flexibility index (Phi) is 5.43. The molecule has 0 radical (unpaired) electrons. The molecule has 6 nitrogen and oxygen atoms in total. The summed E-state index contributed by atoms with van der Waals surface area (Å²) in [6.07, 6.45) is 4.43. The van der Waals surface area contributed by atoms with Gasteiger partial charge in [0, 0.05) is 22.4 Å². The third-order valence-electron chi connectivity index (χ3n) is 4.30. The van der Waals surface area contributed by atoms with Crippen LogP contribution in [0.15, 0.2) is 17.5 Å². The SMILES string of the molecule is CC(C)(C)[C@@H]1CCc2c(C(=O)NNC(=O)/C=C\C(=O)O)csc2C1. The van der Waals surface area contributed by atoms with Gasteiger partial charge in [-0.2, -0.15) is 0 Å². The van der Waals surface area contributed by atoms with E-state index in [4.69, 9.17) is 5.11 Å². The Hall–Kier alpha value is -2.15. The molecule has 0 aliphatic heterocycles. The van der Waals surface area contributed by atoms with Crippen LogP contribution in [0.5, 0.6) is 0 Å². The Morgan fingerprint density at radius 3 is 2.58 bits per heavy atom. The lowest BCUT2D eigenvalue weighted by atomic mass is 9.72. The van der Waals surface area contributed by atoms with E-state index in [1.165, 1.54) is 4.88 Å². The smallest absolute Gasteiger partial charge is 0.328 e. The fraction of sp³-hybridized carbons (Fsp3) is 0.471. The van der Waals surface area contributed by atoms with Gasteiger partial charge in [-0.3, -0.25) is 20.4 Å². The van der Waals surface area contributed by atoms with E-state index in [9.17, 15) is 14.4 Å². The molecule has 0 saturated carbocycles. The van der Waals surface area contributed by atoms with Crippen LogP contribution in [-0.2, 0) is 22.4 Å². The Morgan fingerprint density at radius 1 is 1.25 bits per heavy atom. The van der Waals surface area contributed by atoms with Gasteiger partial charge in [0.05, 0.1) is 5.56 Å². The number of aliphatic carboxylic acids is 1. The summed E-state index contributed by atoms with van der Waals surface area (Å²) in [5.74, 6) is -1.70. The van der Waals surface area contributed by atoms with Crippen LogP contribution in [0.1, 0.15) is 48.0 Å². The average Bonchev–Trinajstić information content (AvgIpc) is 2.92. The van der Waals surface area contributed by atoms with Gasteiger partial charge in [0.1, 0.15) is 0 Å². The number of hydrogen-bond acceptors (Lipinski definition) is 4. The number of hydrazine groups is 1. The van der Waals surface area contributed by atoms with Gasteiger partial charge in [0.25, 0.3) is 11.8 Å². The quantitative estimate of drug-likeness (QED) is 0.576.